The lowest BCUT2D eigenvalue weighted by molar-refractivity contribution is 1.50. The largest absolute Gasteiger partial charge is 0.0683 e. The summed E-state index contributed by atoms with van der Waals surface area (Å²) in [7, 11) is 0. The molecule has 0 aliphatic rings. The van der Waals surface area contributed by atoms with E-state index < -0.39 is 0 Å². The van der Waals surface area contributed by atoms with Crippen molar-refractivity contribution in [1.29, 1.82) is 0 Å². The molecule has 0 unspecified atom stereocenters. The van der Waals surface area contributed by atoms with E-state index in [0.29, 0.717) is 0 Å². The first-order valence-corrected chi connectivity index (χ1v) is 33.4. The lowest BCUT2D eigenvalue weighted by Crippen LogP contribution is -2.01. The van der Waals surface area contributed by atoms with Gasteiger partial charge >= 0.3 is 0 Å². The molecule has 0 nitrogen and oxygen atoms in total. The summed E-state index contributed by atoms with van der Waals surface area (Å²) in [5, 5.41) is 32.2. The van der Waals surface area contributed by atoms with Gasteiger partial charge in [-0.1, -0.05) is 265 Å². The third-order valence-corrected chi connectivity index (χ3v) is 18.2. The minimum absolute atomic E-state index is 1.22. The highest BCUT2D eigenvalue weighted by atomic mass is 14.4. The molecule has 0 N–H and O–H groups in total. The summed E-state index contributed by atoms with van der Waals surface area (Å²) in [4.78, 5) is 0. The first-order chi connectivity index (χ1) is 44.7. The zero-order chi connectivity index (χ0) is 62.5. The molecule has 0 aliphatic carbocycles. The summed E-state index contributed by atoms with van der Waals surface area (Å²) in [6.07, 6.45) is 0. The Bertz CT molecular complexity index is 4480. The first kappa shape index (κ1) is 58.9. The summed E-state index contributed by atoms with van der Waals surface area (Å²) in [5.41, 5.74) is 14.7. The highest BCUT2D eigenvalue weighted by Crippen LogP contribution is 2.62. The second-order valence-electron chi connectivity index (χ2n) is 22.1. The van der Waals surface area contributed by atoms with E-state index in [2.05, 4.69) is 255 Å². The molecule has 0 fully saturated rings. The van der Waals surface area contributed by atoms with Crippen LogP contribution in [0.2, 0.25) is 0 Å². The van der Waals surface area contributed by atoms with Crippen LogP contribution in [-0.4, -0.2) is 0 Å². The summed E-state index contributed by atoms with van der Waals surface area (Å²) >= 11 is 0. The van der Waals surface area contributed by atoms with Crippen LogP contribution in [0.1, 0.15) is 83.1 Å². The molecule has 19 rings (SSSR count). The quantitative estimate of drug-likeness (QED) is 0.115. The van der Waals surface area contributed by atoms with E-state index >= 15 is 0 Å². The molecule has 0 saturated carbocycles. The SMILES string of the molecule is CC.CC.CC.CC.CC.CC.c1ccc(-c2cc3c4cc(-c5ccccc5)cc5c6cc(-c7ccccc7)cc7c8cc(-c9ccccc9)cc9c%10cc(-c%11ccccc%11)cc%11c%12cc(-c%13ccccc%13)cc%13c(c2)c3c2c(c45)c(c67)c(c89)c(c%11%10)c2c%13%12)cc1. The van der Waals surface area contributed by atoms with Gasteiger partial charge in [0, 0.05) is 0 Å². The van der Waals surface area contributed by atoms with Crippen LogP contribution in [0.4, 0.5) is 0 Å². The number of benzene rings is 19. The number of hydrogen-bond acceptors (Lipinski definition) is 0. The second kappa shape index (κ2) is 24.4. The fraction of sp³-hybridized carbons (Fsp3) is 0.133. The van der Waals surface area contributed by atoms with Crippen LogP contribution in [0.3, 0.4) is 0 Å². The molecule has 0 aliphatic heterocycles. The van der Waals surface area contributed by atoms with Crippen LogP contribution in [0.25, 0.3) is 196 Å². The van der Waals surface area contributed by atoms with Gasteiger partial charge in [0.2, 0.25) is 0 Å². The van der Waals surface area contributed by atoms with Gasteiger partial charge < -0.3 is 0 Å². The summed E-state index contributed by atoms with van der Waals surface area (Å²) in [5.74, 6) is 0. The van der Waals surface area contributed by atoms with E-state index in [1.165, 1.54) is 196 Å². The van der Waals surface area contributed by atoms with Crippen LogP contribution in [0.5, 0.6) is 0 Å². The van der Waals surface area contributed by atoms with Gasteiger partial charge in [-0.3, -0.25) is 0 Å². The molecule has 90 heavy (non-hydrogen) atoms. The van der Waals surface area contributed by atoms with E-state index in [1.807, 2.05) is 83.1 Å². The van der Waals surface area contributed by atoms with Gasteiger partial charge in [-0.25, -0.2) is 0 Å². The maximum Gasteiger partial charge on any atom is -0.0000469 e. The van der Waals surface area contributed by atoms with Gasteiger partial charge in [-0.2, -0.15) is 0 Å². The first-order valence-electron chi connectivity index (χ1n) is 33.4. The fourth-order valence-electron chi connectivity index (χ4n) is 15.1. The Morgan fingerprint density at radius 2 is 0.211 bits per heavy atom. The molecule has 0 heterocycles. The Kier molecular flexibility index (Phi) is 16.0. The van der Waals surface area contributed by atoms with Crippen molar-refractivity contribution in [3.05, 3.63) is 255 Å². The maximum atomic E-state index is 2.54. The molecular formula is C90H78. The van der Waals surface area contributed by atoms with Gasteiger partial charge in [0.25, 0.3) is 0 Å². The Morgan fingerprint density at radius 1 is 0.111 bits per heavy atom. The third kappa shape index (κ3) is 8.71. The van der Waals surface area contributed by atoms with E-state index in [4.69, 9.17) is 0 Å². The molecule has 0 atom stereocenters. The Balaban J connectivity index is 0.000000588. The zero-order valence-corrected chi connectivity index (χ0v) is 54.2. The Morgan fingerprint density at radius 3 is 0.311 bits per heavy atom. The van der Waals surface area contributed by atoms with Crippen molar-refractivity contribution >= 4 is 129 Å². The average Bonchev–Trinajstić information content (AvgIpc) is 0.644. The van der Waals surface area contributed by atoms with Crippen molar-refractivity contribution < 1.29 is 0 Å². The van der Waals surface area contributed by atoms with Crippen molar-refractivity contribution in [2.24, 2.45) is 0 Å². The van der Waals surface area contributed by atoms with Gasteiger partial charge in [0.05, 0.1) is 0 Å². The number of rotatable bonds is 6. The Hall–Kier alpha value is -10.1. The summed E-state index contributed by atoms with van der Waals surface area (Å²) in [6, 6.07) is 97.0. The minimum Gasteiger partial charge on any atom is -0.0683 e. The van der Waals surface area contributed by atoms with Crippen LogP contribution >= 0.6 is 0 Å². The Labute approximate surface area is 530 Å². The molecule has 0 radical (unpaired) electrons. The smallest absolute Gasteiger partial charge is 0.0000469 e. The van der Waals surface area contributed by atoms with Crippen molar-refractivity contribution in [2.45, 2.75) is 83.1 Å². The van der Waals surface area contributed by atoms with Gasteiger partial charge in [0.1, 0.15) is 0 Å². The summed E-state index contributed by atoms with van der Waals surface area (Å²) in [6.45, 7) is 24.0. The van der Waals surface area contributed by atoms with E-state index in [-0.39, 0.29) is 0 Å². The van der Waals surface area contributed by atoms with E-state index in [1.54, 1.807) is 0 Å². The lowest BCUT2D eigenvalue weighted by atomic mass is 9.72. The van der Waals surface area contributed by atoms with Crippen molar-refractivity contribution in [1.82, 2.24) is 0 Å². The molecule has 0 saturated heterocycles. The lowest BCUT2D eigenvalue weighted by Gasteiger charge is -2.30. The van der Waals surface area contributed by atoms with Gasteiger partial charge in [-0.05, 0) is 269 Å². The normalized spacial score (nSPS) is 11.3. The van der Waals surface area contributed by atoms with Gasteiger partial charge in [-0.15, -0.1) is 0 Å². The van der Waals surface area contributed by atoms with Gasteiger partial charge in [0.15, 0.2) is 0 Å². The fourth-order valence-corrected chi connectivity index (χ4v) is 15.1. The standard InChI is InChI=1S/C78H42.6C2H6/c1-7-19-43(20-8-1)49-31-55-57-33-50(44-21-9-2-10-22-44)35-59-61-37-52(46-25-13-4-14-26-46)39-63-65-41-54(48-29-17-6-18-30-48)42-66-64-40-53(47-27-15-5-16-28-47)38-62-60-36-51(45-23-11-3-12-24-45)34-58-56(32-49)67(55)73-74(68(57)59)76(70(61)63)78(72(65)66)77(71(62)64)75(73)69(58)60;6*1-2/h1-42H;6*1-2H3. The number of hydrogen-bond donors (Lipinski definition) is 0. The molecule has 0 spiro atoms. The predicted octanol–water partition coefficient (Wildman–Crippen LogP) is 28.3. The van der Waals surface area contributed by atoms with Crippen molar-refractivity contribution in [3.8, 4) is 66.8 Å². The number of fused-ring (bicyclic) bond motifs is 6. The summed E-state index contributed by atoms with van der Waals surface area (Å²) < 4.78 is 0. The van der Waals surface area contributed by atoms with Crippen molar-refractivity contribution in [3.63, 3.8) is 0 Å². The monoisotopic (exact) mass is 1160 g/mol. The van der Waals surface area contributed by atoms with Crippen LogP contribution in [0, 0.1) is 0 Å². The molecule has 0 amide bonds. The topological polar surface area (TPSA) is 0 Å². The minimum atomic E-state index is 1.22. The molecule has 438 valence electrons. The van der Waals surface area contributed by atoms with E-state index in [9.17, 15) is 0 Å². The van der Waals surface area contributed by atoms with Crippen LogP contribution in [0.15, 0.2) is 255 Å². The zero-order valence-electron chi connectivity index (χ0n) is 54.2. The molecule has 19 aromatic carbocycles. The van der Waals surface area contributed by atoms with Crippen molar-refractivity contribution in [2.75, 3.05) is 0 Å². The molecule has 0 bridgehead atoms. The maximum absolute atomic E-state index is 2.54. The second-order valence-corrected chi connectivity index (χ2v) is 22.1. The third-order valence-electron chi connectivity index (χ3n) is 18.2. The van der Waals surface area contributed by atoms with Crippen LogP contribution in [-0.2, 0) is 0 Å². The average molecular weight is 1160 g/mol. The van der Waals surface area contributed by atoms with Crippen LogP contribution < -0.4 is 0 Å². The molecular weight excluding hydrogens is 1080 g/mol. The highest BCUT2D eigenvalue weighted by molar-refractivity contribution is 6.61. The molecule has 19 aromatic rings. The highest BCUT2D eigenvalue weighted by Gasteiger charge is 2.33. The predicted molar refractivity (Wildman–Crippen MR) is 404 cm³/mol. The molecule has 0 aromatic heterocycles. The molecule has 0 heteroatoms. The van der Waals surface area contributed by atoms with E-state index in [0.717, 1.165) is 0 Å².